The van der Waals surface area contributed by atoms with E-state index in [4.69, 9.17) is 0 Å². The zero-order chi connectivity index (χ0) is 10.8. The van der Waals surface area contributed by atoms with Gasteiger partial charge in [0.25, 0.3) is 0 Å². The SMILES string of the molecule is CONc1ccccc1.c1ccccc1. The van der Waals surface area contributed by atoms with Crippen LogP contribution >= 0.6 is 0 Å². The lowest BCUT2D eigenvalue weighted by atomic mass is 10.3. The molecule has 0 bridgehead atoms. The van der Waals surface area contributed by atoms with Gasteiger partial charge in [0.05, 0.1) is 12.8 Å². The molecule has 0 heterocycles. The van der Waals surface area contributed by atoms with Crippen molar-refractivity contribution in [2.45, 2.75) is 0 Å². The monoisotopic (exact) mass is 201 g/mol. The van der Waals surface area contributed by atoms with Crippen molar-refractivity contribution in [2.75, 3.05) is 12.6 Å². The van der Waals surface area contributed by atoms with Crippen molar-refractivity contribution in [1.82, 2.24) is 0 Å². The lowest BCUT2D eigenvalue weighted by molar-refractivity contribution is 0.271. The molecule has 78 valence electrons. The first-order valence-corrected chi connectivity index (χ1v) is 4.77. The maximum absolute atomic E-state index is 4.68. The molecule has 0 aromatic heterocycles. The van der Waals surface area contributed by atoms with Crippen molar-refractivity contribution in [3.05, 3.63) is 66.7 Å². The molecular formula is C13H15NO. The quantitative estimate of drug-likeness (QED) is 0.752. The summed E-state index contributed by atoms with van der Waals surface area (Å²) in [5, 5.41) is 0. The summed E-state index contributed by atoms with van der Waals surface area (Å²) in [4.78, 5) is 4.68. The van der Waals surface area contributed by atoms with Gasteiger partial charge in [-0.25, -0.2) is 0 Å². The van der Waals surface area contributed by atoms with E-state index in [0.29, 0.717) is 0 Å². The molecule has 0 saturated heterocycles. The van der Waals surface area contributed by atoms with E-state index in [1.165, 1.54) is 0 Å². The van der Waals surface area contributed by atoms with Crippen molar-refractivity contribution in [3.63, 3.8) is 0 Å². The smallest absolute Gasteiger partial charge is 0.0636 e. The van der Waals surface area contributed by atoms with Crippen LogP contribution in [0.2, 0.25) is 0 Å². The second-order valence-electron chi connectivity index (χ2n) is 2.83. The lowest BCUT2D eigenvalue weighted by Gasteiger charge is -1.99. The first-order chi connectivity index (χ1) is 7.43. The first-order valence-electron chi connectivity index (χ1n) is 4.77. The van der Waals surface area contributed by atoms with Crippen LogP contribution in [0.4, 0.5) is 5.69 Å². The van der Waals surface area contributed by atoms with E-state index in [-0.39, 0.29) is 0 Å². The molecule has 0 atom stereocenters. The normalized spacial score (nSPS) is 8.60. The molecule has 15 heavy (non-hydrogen) atoms. The van der Waals surface area contributed by atoms with Gasteiger partial charge in [0, 0.05) is 0 Å². The van der Waals surface area contributed by atoms with E-state index < -0.39 is 0 Å². The number of hydrogen-bond donors (Lipinski definition) is 1. The molecule has 2 heteroatoms. The molecule has 0 amide bonds. The van der Waals surface area contributed by atoms with Gasteiger partial charge in [0.2, 0.25) is 0 Å². The van der Waals surface area contributed by atoms with E-state index in [1.54, 1.807) is 7.11 Å². The third-order valence-electron chi connectivity index (χ3n) is 1.66. The van der Waals surface area contributed by atoms with Crippen LogP contribution in [0.3, 0.4) is 0 Å². The van der Waals surface area contributed by atoms with Gasteiger partial charge in [-0.2, -0.15) is 0 Å². The molecule has 2 nitrogen and oxygen atoms in total. The summed E-state index contributed by atoms with van der Waals surface area (Å²) in [6.45, 7) is 0. The van der Waals surface area contributed by atoms with Crippen LogP contribution < -0.4 is 5.48 Å². The van der Waals surface area contributed by atoms with Crippen molar-refractivity contribution in [3.8, 4) is 0 Å². The van der Waals surface area contributed by atoms with Gasteiger partial charge >= 0.3 is 0 Å². The Labute approximate surface area is 90.5 Å². The highest BCUT2D eigenvalue weighted by Gasteiger charge is 1.82. The van der Waals surface area contributed by atoms with Gasteiger partial charge in [-0.3, -0.25) is 10.3 Å². The van der Waals surface area contributed by atoms with Crippen LogP contribution in [0.25, 0.3) is 0 Å². The van der Waals surface area contributed by atoms with E-state index >= 15 is 0 Å². The van der Waals surface area contributed by atoms with E-state index in [0.717, 1.165) is 5.69 Å². The van der Waals surface area contributed by atoms with Gasteiger partial charge in [-0.1, -0.05) is 54.6 Å². The van der Waals surface area contributed by atoms with Crippen LogP contribution in [0.5, 0.6) is 0 Å². The predicted molar refractivity (Wildman–Crippen MR) is 63.5 cm³/mol. The van der Waals surface area contributed by atoms with Crippen molar-refractivity contribution in [2.24, 2.45) is 0 Å². The zero-order valence-corrected chi connectivity index (χ0v) is 8.76. The van der Waals surface area contributed by atoms with Crippen LogP contribution in [-0.4, -0.2) is 7.11 Å². The van der Waals surface area contributed by atoms with E-state index in [2.05, 4.69) is 10.3 Å². The average molecular weight is 201 g/mol. The summed E-state index contributed by atoms with van der Waals surface area (Å²) >= 11 is 0. The van der Waals surface area contributed by atoms with E-state index in [1.807, 2.05) is 66.7 Å². The average Bonchev–Trinajstić information content (AvgIpc) is 2.34. The molecule has 0 aliphatic heterocycles. The molecular weight excluding hydrogens is 186 g/mol. The van der Waals surface area contributed by atoms with Gasteiger partial charge < -0.3 is 0 Å². The lowest BCUT2D eigenvalue weighted by Crippen LogP contribution is -1.93. The second-order valence-corrected chi connectivity index (χ2v) is 2.83. The highest BCUT2D eigenvalue weighted by atomic mass is 16.6. The van der Waals surface area contributed by atoms with E-state index in [9.17, 15) is 0 Å². The Kier molecular flexibility index (Phi) is 5.71. The first kappa shape index (κ1) is 11.3. The second kappa shape index (κ2) is 7.59. The zero-order valence-electron chi connectivity index (χ0n) is 8.76. The molecule has 1 N–H and O–H groups in total. The van der Waals surface area contributed by atoms with Gasteiger partial charge in [0.1, 0.15) is 0 Å². The third-order valence-corrected chi connectivity index (χ3v) is 1.66. The maximum atomic E-state index is 4.68. The number of rotatable bonds is 2. The summed E-state index contributed by atoms with van der Waals surface area (Å²) in [5.41, 5.74) is 3.68. The minimum atomic E-state index is 0.972. The predicted octanol–water partition coefficient (Wildman–Crippen LogP) is 3.35. The summed E-state index contributed by atoms with van der Waals surface area (Å²) in [6.07, 6.45) is 0. The van der Waals surface area contributed by atoms with Crippen molar-refractivity contribution in [1.29, 1.82) is 0 Å². The largest absolute Gasteiger partial charge is 0.279 e. The third kappa shape index (κ3) is 5.49. The van der Waals surface area contributed by atoms with Gasteiger partial charge in [0.15, 0.2) is 0 Å². The van der Waals surface area contributed by atoms with Crippen molar-refractivity contribution < 1.29 is 4.84 Å². The maximum Gasteiger partial charge on any atom is 0.0636 e. The van der Waals surface area contributed by atoms with Crippen LogP contribution in [0.15, 0.2) is 66.7 Å². The summed E-state index contributed by atoms with van der Waals surface area (Å²) in [6, 6.07) is 21.7. The number of hydrogen-bond acceptors (Lipinski definition) is 2. The summed E-state index contributed by atoms with van der Waals surface area (Å²) < 4.78 is 0. The Balaban J connectivity index is 0.000000162. The minimum absolute atomic E-state index is 0.972. The fraction of sp³-hybridized carbons (Fsp3) is 0.0769. The molecule has 2 aromatic carbocycles. The van der Waals surface area contributed by atoms with Crippen LogP contribution in [0.1, 0.15) is 0 Å². The molecule has 2 rings (SSSR count). The summed E-state index contributed by atoms with van der Waals surface area (Å²) in [7, 11) is 1.59. The molecule has 0 spiro atoms. The Bertz CT molecular complexity index is 307. The van der Waals surface area contributed by atoms with Gasteiger partial charge in [-0.05, 0) is 12.1 Å². The Morgan fingerprint density at radius 3 is 1.53 bits per heavy atom. The number of para-hydroxylation sites is 1. The summed E-state index contributed by atoms with van der Waals surface area (Å²) in [5.74, 6) is 0. The minimum Gasteiger partial charge on any atom is -0.279 e. The molecule has 0 saturated carbocycles. The molecule has 0 aliphatic carbocycles. The van der Waals surface area contributed by atoms with Crippen LogP contribution in [0, 0.1) is 0 Å². The molecule has 2 aromatic rings. The number of benzene rings is 2. The topological polar surface area (TPSA) is 21.3 Å². The van der Waals surface area contributed by atoms with Crippen molar-refractivity contribution >= 4 is 5.69 Å². The molecule has 0 aliphatic rings. The Morgan fingerprint density at radius 2 is 1.13 bits per heavy atom. The standard InChI is InChI=1S/C7H9NO.C6H6/c1-9-8-7-5-3-2-4-6-7;1-2-4-6-5-3-1/h2-6,8H,1H3;1-6H. The Hall–Kier alpha value is -1.80. The highest BCUT2D eigenvalue weighted by Crippen LogP contribution is 2.03. The number of nitrogens with one attached hydrogen (secondary N) is 1. The molecule has 0 unspecified atom stereocenters. The Morgan fingerprint density at radius 1 is 0.733 bits per heavy atom. The van der Waals surface area contributed by atoms with Crippen LogP contribution in [-0.2, 0) is 4.84 Å². The fourth-order valence-corrected chi connectivity index (χ4v) is 1.01. The highest BCUT2D eigenvalue weighted by molar-refractivity contribution is 5.39. The molecule has 0 radical (unpaired) electrons. The fourth-order valence-electron chi connectivity index (χ4n) is 1.01. The van der Waals surface area contributed by atoms with Gasteiger partial charge in [-0.15, -0.1) is 0 Å². The molecule has 0 fully saturated rings. The number of anilines is 1.